The van der Waals surface area contributed by atoms with E-state index >= 15 is 0 Å². The summed E-state index contributed by atoms with van der Waals surface area (Å²) in [4.78, 5) is 19.5. The summed E-state index contributed by atoms with van der Waals surface area (Å²) in [6.07, 6.45) is 1.94. The van der Waals surface area contributed by atoms with Gasteiger partial charge in [0, 0.05) is 36.3 Å². The molecule has 0 spiro atoms. The molecule has 1 fully saturated rings. The van der Waals surface area contributed by atoms with E-state index in [1.54, 1.807) is 16.8 Å². The van der Waals surface area contributed by atoms with Gasteiger partial charge in [0.05, 0.1) is 29.8 Å². The van der Waals surface area contributed by atoms with Gasteiger partial charge in [-0.15, -0.1) is 0 Å². The number of anilines is 2. The van der Waals surface area contributed by atoms with Gasteiger partial charge in [-0.05, 0) is 54.8 Å². The second-order valence-electron chi connectivity index (χ2n) is 8.48. The number of hydrogen-bond donors (Lipinski definition) is 1. The summed E-state index contributed by atoms with van der Waals surface area (Å²) in [6.45, 7) is 3.62. The Morgan fingerprint density at radius 3 is 2.82 bits per heavy atom. The molecular formula is C25H22F3N5O. The Morgan fingerprint density at radius 2 is 2.00 bits per heavy atom. The zero-order valence-corrected chi connectivity index (χ0v) is 18.4. The van der Waals surface area contributed by atoms with Crippen LogP contribution in [0.4, 0.5) is 24.5 Å². The predicted octanol–water partition coefficient (Wildman–Crippen LogP) is 5.30. The van der Waals surface area contributed by atoms with Gasteiger partial charge in [0.15, 0.2) is 5.65 Å². The van der Waals surface area contributed by atoms with Gasteiger partial charge in [-0.3, -0.25) is 4.79 Å². The van der Waals surface area contributed by atoms with Crippen LogP contribution in [0.1, 0.15) is 39.4 Å². The molecule has 1 saturated heterocycles. The van der Waals surface area contributed by atoms with Gasteiger partial charge in [0.1, 0.15) is 0 Å². The summed E-state index contributed by atoms with van der Waals surface area (Å²) in [5.74, 6) is -0.224. The van der Waals surface area contributed by atoms with E-state index in [-0.39, 0.29) is 11.6 Å². The maximum absolute atomic E-state index is 13.0. The van der Waals surface area contributed by atoms with E-state index in [0.29, 0.717) is 5.56 Å². The number of amides is 1. The molecule has 1 aliphatic rings. The number of aryl methyl sites for hydroxylation is 1. The maximum atomic E-state index is 13.0. The van der Waals surface area contributed by atoms with E-state index in [0.717, 1.165) is 54.1 Å². The minimum absolute atomic E-state index is 0.107. The summed E-state index contributed by atoms with van der Waals surface area (Å²) in [7, 11) is 0. The molecule has 0 radical (unpaired) electrons. The van der Waals surface area contributed by atoms with E-state index in [2.05, 4.69) is 20.3 Å². The normalized spacial score (nSPS) is 16.2. The highest BCUT2D eigenvalue weighted by atomic mass is 19.4. The summed E-state index contributed by atoms with van der Waals surface area (Å²) >= 11 is 0. The van der Waals surface area contributed by atoms with Crippen LogP contribution in [0.2, 0.25) is 0 Å². The summed E-state index contributed by atoms with van der Waals surface area (Å²) in [5, 5.41) is 6.84. The van der Waals surface area contributed by atoms with Crippen molar-refractivity contribution in [3.05, 3.63) is 89.4 Å². The quantitative estimate of drug-likeness (QED) is 0.444. The molecular weight excluding hydrogens is 443 g/mol. The first-order valence-corrected chi connectivity index (χ1v) is 10.9. The number of benzene rings is 2. The maximum Gasteiger partial charge on any atom is 0.416 e. The topological polar surface area (TPSA) is 62.5 Å². The lowest BCUT2D eigenvalue weighted by Gasteiger charge is -2.19. The number of halogens is 3. The molecule has 0 unspecified atom stereocenters. The molecule has 2 aromatic heterocycles. The van der Waals surface area contributed by atoms with Crippen molar-refractivity contribution in [3.63, 3.8) is 0 Å². The van der Waals surface area contributed by atoms with Crippen molar-refractivity contribution in [1.82, 2.24) is 14.6 Å². The molecule has 3 heterocycles. The van der Waals surface area contributed by atoms with E-state index in [1.807, 2.05) is 37.5 Å². The van der Waals surface area contributed by atoms with E-state index in [1.165, 1.54) is 12.1 Å². The average Bonchev–Trinajstić information content (AvgIpc) is 3.48. The molecule has 1 N–H and O–H groups in total. The van der Waals surface area contributed by atoms with Crippen LogP contribution >= 0.6 is 0 Å². The first-order valence-electron chi connectivity index (χ1n) is 10.9. The lowest BCUT2D eigenvalue weighted by atomic mass is 9.92. The van der Waals surface area contributed by atoms with Crippen molar-refractivity contribution in [1.29, 1.82) is 0 Å². The second-order valence-corrected chi connectivity index (χ2v) is 8.48. The Balaban J connectivity index is 1.33. The van der Waals surface area contributed by atoms with Crippen LogP contribution in [0.3, 0.4) is 0 Å². The molecule has 0 aliphatic carbocycles. The van der Waals surface area contributed by atoms with Gasteiger partial charge in [0.2, 0.25) is 0 Å². The minimum Gasteiger partial charge on any atom is -0.368 e. The largest absolute Gasteiger partial charge is 0.416 e. The predicted molar refractivity (Wildman–Crippen MR) is 123 cm³/mol. The Hall–Kier alpha value is -3.88. The standard InChI is InChI=1S/C25H22F3N5O/c1-16-5-6-17(24(34)31-20-4-2-3-19(12-20)25(26,27)28)11-22(16)18-8-10-32(14-18)21-13-29-23-7-9-30-33(23)15-21/h2-7,9,11-13,15,18H,8,10,14H2,1H3,(H,31,34)/t18-/m1/s1. The molecule has 1 amide bonds. The molecule has 0 saturated carbocycles. The Labute approximate surface area is 194 Å². The van der Waals surface area contributed by atoms with E-state index in [4.69, 9.17) is 0 Å². The fourth-order valence-electron chi connectivity index (χ4n) is 4.41. The van der Waals surface area contributed by atoms with Crippen LogP contribution in [0, 0.1) is 6.92 Å². The van der Waals surface area contributed by atoms with Crippen LogP contribution in [-0.2, 0) is 6.18 Å². The fraction of sp³-hybridized carbons (Fsp3) is 0.240. The van der Waals surface area contributed by atoms with Crippen LogP contribution in [-0.4, -0.2) is 33.6 Å². The van der Waals surface area contributed by atoms with Crippen molar-refractivity contribution in [3.8, 4) is 0 Å². The first-order chi connectivity index (χ1) is 16.3. The zero-order chi connectivity index (χ0) is 23.9. The zero-order valence-electron chi connectivity index (χ0n) is 18.4. The number of aromatic nitrogens is 3. The molecule has 1 atom stereocenters. The van der Waals surface area contributed by atoms with Crippen molar-refractivity contribution in [2.45, 2.75) is 25.4 Å². The fourth-order valence-corrected chi connectivity index (χ4v) is 4.41. The van der Waals surface area contributed by atoms with Crippen molar-refractivity contribution < 1.29 is 18.0 Å². The van der Waals surface area contributed by atoms with Crippen molar-refractivity contribution in [2.24, 2.45) is 0 Å². The number of hydrogen-bond acceptors (Lipinski definition) is 4. The Morgan fingerprint density at radius 1 is 1.15 bits per heavy atom. The first kappa shape index (κ1) is 21.9. The molecule has 0 bridgehead atoms. The number of alkyl halides is 3. The van der Waals surface area contributed by atoms with Crippen molar-refractivity contribution in [2.75, 3.05) is 23.3 Å². The number of carbonyl (C=O) groups excluding carboxylic acids is 1. The number of carbonyl (C=O) groups is 1. The number of fused-ring (bicyclic) bond motifs is 1. The van der Waals surface area contributed by atoms with Crippen LogP contribution in [0.5, 0.6) is 0 Å². The van der Waals surface area contributed by atoms with Crippen LogP contribution in [0.15, 0.2) is 67.1 Å². The summed E-state index contributed by atoms with van der Waals surface area (Å²) in [5.41, 5.74) is 3.62. The van der Waals surface area contributed by atoms with Crippen molar-refractivity contribution >= 4 is 22.9 Å². The Bertz CT molecular complexity index is 1360. The number of rotatable bonds is 4. The van der Waals surface area contributed by atoms with Crippen LogP contribution < -0.4 is 10.2 Å². The molecule has 2 aromatic carbocycles. The van der Waals surface area contributed by atoms with Gasteiger partial charge >= 0.3 is 6.18 Å². The van der Waals surface area contributed by atoms with Gasteiger partial charge in [-0.1, -0.05) is 12.1 Å². The van der Waals surface area contributed by atoms with Gasteiger partial charge in [-0.2, -0.15) is 18.3 Å². The highest BCUT2D eigenvalue weighted by molar-refractivity contribution is 6.04. The molecule has 1 aliphatic heterocycles. The third-order valence-electron chi connectivity index (χ3n) is 6.22. The average molecular weight is 465 g/mol. The SMILES string of the molecule is Cc1ccc(C(=O)Nc2cccc(C(F)(F)F)c2)cc1[C@@H]1CCN(c2cnc3ccnn3c2)C1. The third-order valence-corrected chi connectivity index (χ3v) is 6.22. The lowest BCUT2D eigenvalue weighted by molar-refractivity contribution is -0.137. The highest BCUT2D eigenvalue weighted by Gasteiger charge is 2.30. The number of nitrogens with zero attached hydrogens (tertiary/aromatic N) is 4. The molecule has 34 heavy (non-hydrogen) atoms. The molecule has 4 aromatic rings. The molecule has 5 rings (SSSR count). The monoisotopic (exact) mass is 465 g/mol. The van der Waals surface area contributed by atoms with Crippen LogP contribution in [0.25, 0.3) is 5.65 Å². The number of nitrogens with one attached hydrogen (secondary N) is 1. The third kappa shape index (κ3) is 4.33. The smallest absolute Gasteiger partial charge is 0.368 e. The summed E-state index contributed by atoms with van der Waals surface area (Å²) < 4.78 is 40.7. The van der Waals surface area contributed by atoms with E-state index in [9.17, 15) is 18.0 Å². The molecule has 6 nitrogen and oxygen atoms in total. The van der Waals surface area contributed by atoms with Gasteiger partial charge in [0.25, 0.3) is 5.91 Å². The van der Waals surface area contributed by atoms with E-state index < -0.39 is 17.6 Å². The lowest BCUT2D eigenvalue weighted by Crippen LogP contribution is -2.20. The second kappa shape index (κ2) is 8.48. The molecule has 9 heteroatoms. The van der Waals surface area contributed by atoms with Gasteiger partial charge < -0.3 is 10.2 Å². The Kier molecular flexibility index (Phi) is 5.47. The highest BCUT2D eigenvalue weighted by Crippen LogP contribution is 2.33. The molecule has 174 valence electrons. The minimum atomic E-state index is -4.47. The summed E-state index contributed by atoms with van der Waals surface area (Å²) in [6, 6.07) is 11.9. The van der Waals surface area contributed by atoms with Gasteiger partial charge in [-0.25, -0.2) is 9.50 Å².